The van der Waals surface area contributed by atoms with Crippen molar-refractivity contribution < 1.29 is 13.2 Å². The van der Waals surface area contributed by atoms with Crippen LogP contribution in [-0.4, -0.2) is 0 Å². The van der Waals surface area contributed by atoms with E-state index in [-0.39, 0.29) is 22.1 Å². The molecule has 1 fully saturated rings. The zero-order chi connectivity index (χ0) is 23.6. The van der Waals surface area contributed by atoms with Gasteiger partial charge in [0.25, 0.3) is 5.92 Å². The highest BCUT2D eigenvalue weighted by Crippen LogP contribution is 2.52. The smallest absolute Gasteiger partial charge is 0.206 e. The lowest BCUT2D eigenvalue weighted by Crippen LogP contribution is -2.10. The molecule has 0 radical (unpaired) electrons. The lowest BCUT2D eigenvalue weighted by Gasteiger charge is -2.19. The Hall–Kier alpha value is -2.55. The van der Waals surface area contributed by atoms with E-state index in [1.54, 1.807) is 30.3 Å². The molecule has 0 aromatic heterocycles. The lowest BCUT2D eigenvalue weighted by molar-refractivity contribution is 0.0181. The molecule has 174 valence electrons. The fraction of sp³-hybridized carbons (Fsp3) is 0.400. The number of alkyl halides is 2. The van der Waals surface area contributed by atoms with Crippen LogP contribution in [0.2, 0.25) is 0 Å². The minimum atomic E-state index is -3.02. The largest absolute Gasteiger partial charge is 0.271 e. The summed E-state index contributed by atoms with van der Waals surface area (Å²) in [4.78, 5) is 0. The first-order valence-corrected chi connectivity index (χ1v) is 12.1. The molecule has 1 saturated carbocycles. The summed E-state index contributed by atoms with van der Waals surface area (Å²) in [5.41, 5.74) is 4.13. The molecule has 0 nitrogen and oxygen atoms in total. The standard InChI is InChI=1S/C30H33F3/c1-4-21(2)23-13-11-22(12-14-23)8-7-17-30(18-19-30)24-15-16-26(28(31)20-24)25-9-5-6-10-27(25)29(3,32)33/h5-6,9-16,20-21H,4,7-8,17-19H2,1-3H3. The summed E-state index contributed by atoms with van der Waals surface area (Å²) in [5.74, 6) is -2.86. The molecule has 3 aromatic carbocycles. The molecule has 0 N–H and O–H groups in total. The second-order valence-corrected chi connectivity index (χ2v) is 9.81. The van der Waals surface area contributed by atoms with Crippen LogP contribution in [0.1, 0.15) is 81.0 Å². The Morgan fingerprint density at radius 2 is 1.64 bits per heavy atom. The molecule has 4 rings (SSSR count). The Bertz CT molecular complexity index is 1090. The van der Waals surface area contributed by atoms with Crippen molar-refractivity contribution in [2.24, 2.45) is 0 Å². The fourth-order valence-corrected chi connectivity index (χ4v) is 4.88. The van der Waals surface area contributed by atoms with Gasteiger partial charge in [0.05, 0.1) is 0 Å². The van der Waals surface area contributed by atoms with E-state index in [2.05, 4.69) is 38.1 Å². The van der Waals surface area contributed by atoms with Crippen molar-refractivity contribution in [2.75, 3.05) is 0 Å². The van der Waals surface area contributed by atoms with Gasteiger partial charge >= 0.3 is 0 Å². The SMILES string of the molecule is CCC(C)c1ccc(CCCC2(c3ccc(-c4ccccc4C(C)(F)F)c(F)c3)CC2)cc1. The van der Waals surface area contributed by atoms with Crippen LogP contribution in [0.5, 0.6) is 0 Å². The monoisotopic (exact) mass is 450 g/mol. The molecule has 1 aliphatic carbocycles. The van der Waals surface area contributed by atoms with Gasteiger partial charge in [-0.1, -0.05) is 74.5 Å². The number of hydrogen-bond acceptors (Lipinski definition) is 0. The van der Waals surface area contributed by atoms with E-state index in [1.807, 2.05) is 6.07 Å². The van der Waals surface area contributed by atoms with Gasteiger partial charge < -0.3 is 0 Å². The Morgan fingerprint density at radius 1 is 0.939 bits per heavy atom. The predicted molar refractivity (Wildman–Crippen MR) is 130 cm³/mol. The molecule has 1 unspecified atom stereocenters. The van der Waals surface area contributed by atoms with E-state index in [0.29, 0.717) is 5.92 Å². The molecule has 1 atom stereocenters. The van der Waals surface area contributed by atoms with Gasteiger partial charge in [-0.2, -0.15) is 0 Å². The highest BCUT2D eigenvalue weighted by atomic mass is 19.3. The van der Waals surface area contributed by atoms with E-state index in [0.717, 1.165) is 51.0 Å². The highest BCUT2D eigenvalue weighted by Gasteiger charge is 2.43. The van der Waals surface area contributed by atoms with Crippen LogP contribution < -0.4 is 0 Å². The number of hydrogen-bond donors (Lipinski definition) is 0. The summed E-state index contributed by atoms with van der Waals surface area (Å²) in [6.07, 6.45) is 6.34. The molecule has 1 aliphatic rings. The number of rotatable bonds is 9. The topological polar surface area (TPSA) is 0 Å². The summed E-state index contributed by atoms with van der Waals surface area (Å²) < 4.78 is 43.2. The third kappa shape index (κ3) is 5.18. The summed E-state index contributed by atoms with van der Waals surface area (Å²) in [5, 5.41) is 0. The maximum Gasteiger partial charge on any atom is 0.271 e. The van der Waals surface area contributed by atoms with Gasteiger partial charge in [0.1, 0.15) is 5.82 Å². The zero-order valence-electron chi connectivity index (χ0n) is 19.8. The van der Waals surface area contributed by atoms with Crippen molar-refractivity contribution in [1.29, 1.82) is 0 Å². The average molecular weight is 451 g/mol. The number of halogens is 3. The van der Waals surface area contributed by atoms with Gasteiger partial charge in [0.2, 0.25) is 0 Å². The molecule has 3 heteroatoms. The van der Waals surface area contributed by atoms with Gasteiger partial charge in [-0.3, -0.25) is 0 Å². The van der Waals surface area contributed by atoms with E-state index in [4.69, 9.17) is 0 Å². The third-order valence-electron chi connectivity index (χ3n) is 7.41. The van der Waals surface area contributed by atoms with E-state index >= 15 is 4.39 Å². The van der Waals surface area contributed by atoms with Crippen molar-refractivity contribution in [1.82, 2.24) is 0 Å². The van der Waals surface area contributed by atoms with Crippen LogP contribution in [-0.2, 0) is 17.8 Å². The molecule has 0 aliphatic heterocycles. The van der Waals surface area contributed by atoms with Crippen molar-refractivity contribution in [2.45, 2.75) is 76.6 Å². The Morgan fingerprint density at radius 3 is 2.24 bits per heavy atom. The second-order valence-electron chi connectivity index (χ2n) is 9.81. The Kier molecular flexibility index (Phi) is 6.70. The van der Waals surface area contributed by atoms with E-state index in [9.17, 15) is 8.78 Å². The van der Waals surface area contributed by atoms with Crippen LogP contribution in [0.25, 0.3) is 11.1 Å². The molecule has 33 heavy (non-hydrogen) atoms. The van der Waals surface area contributed by atoms with Gasteiger partial charge in [0.15, 0.2) is 0 Å². The van der Waals surface area contributed by atoms with Crippen molar-refractivity contribution in [3.63, 3.8) is 0 Å². The molecule has 0 spiro atoms. The molecule has 0 saturated heterocycles. The van der Waals surface area contributed by atoms with E-state index < -0.39 is 11.7 Å². The van der Waals surface area contributed by atoms with Crippen molar-refractivity contribution in [3.8, 4) is 11.1 Å². The summed E-state index contributed by atoms with van der Waals surface area (Å²) in [7, 11) is 0. The first-order valence-electron chi connectivity index (χ1n) is 12.1. The molecular formula is C30H33F3. The van der Waals surface area contributed by atoms with Gasteiger partial charge in [-0.25, -0.2) is 13.2 Å². The second kappa shape index (κ2) is 9.37. The maximum atomic E-state index is 15.1. The lowest BCUT2D eigenvalue weighted by atomic mass is 9.87. The van der Waals surface area contributed by atoms with Crippen molar-refractivity contribution in [3.05, 3.63) is 94.8 Å². The maximum absolute atomic E-state index is 15.1. The number of aryl methyl sites for hydroxylation is 1. The molecule has 0 bridgehead atoms. The van der Waals surface area contributed by atoms with Crippen LogP contribution in [0.4, 0.5) is 13.2 Å². The van der Waals surface area contributed by atoms with Gasteiger partial charge in [-0.15, -0.1) is 0 Å². The van der Waals surface area contributed by atoms with Crippen LogP contribution in [0.3, 0.4) is 0 Å². The molecule has 0 amide bonds. The van der Waals surface area contributed by atoms with Crippen LogP contribution >= 0.6 is 0 Å². The highest BCUT2D eigenvalue weighted by molar-refractivity contribution is 5.69. The Balaban J connectivity index is 1.45. The summed E-state index contributed by atoms with van der Waals surface area (Å²) in [6.45, 7) is 5.32. The van der Waals surface area contributed by atoms with Crippen molar-refractivity contribution >= 4 is 0 Å². The molecule has 3 aromatic rings. The predicted octanol–water partition coefficient (Wildman–Crippen LogP) is 9.17. The minimum absolute atomic E-state index is 0.0320. The number of benzene rings is 3. The normalized spacial score (nSPS) is 15.9. The Labute approximate surface area is 195 Å². The average Bonchev–Trinajstić information content (AvgIpc) is 3.59. The fourth-order valence-electron chi connectivity index (χ4n) is 4.88. The minimum Gasteiger partial charge on any atom is -0.206 e. The van der Waals surface area contributed by atoms with Crippen LogP contribution in [0, 0.1) is 5.82 Å². The van der Waals surface area contributed by atoms with Gasteiger partial charge in [-0.05, 0) is 78.2 Å². The van der Waals surface area contributed by atoms with Crippen LogP contribution in [0.15, 0.2) is 66.7 Å². The summed E-state index contributed by atoms with van der Waals surface area (Å²) in [6, 6.07) is 20.3. The third-order valence-corrected chi connectivity index (χ3v) is 7.41. The first kappa shape index (κ1) is 23.6. The van der Waals surface area contributed by atoms with E-state index in [1.165, 1.54) is 17.2 Å². The molecule has 0 heterocycles. The summed E-state index contributed by atoms with van der Waals surface area (Å²) >= 11 is 0. The zero-order valence-corrected chi connectivity index (χ0v) is 19.8. The quantitative estimate of drug-likeness (QED) is 0.305. The first-order chi connectivity index (χ1) is 15.7. The van der Waals surface area contributed by atoms with Gasteiger partial charge in [0, 0.05) is 18.1 Å². The molecular weight excluding hydrogens is 417 g/mol.